The van der Waals surface area contributed by atoms with Crippen molar-refractivity contribution in [2.24, 2.45) is 0 Å². The number of rotatable bonds is 6. The zero-order chi connectivity index (χ0) is 16.9. The largest absolute Gasteiger partial charge is 0.375 e. The number of hydrogen-bond acceptors (Lipinski definition) is 4. The van der Waals surface area contributed by atoms with Gasteiger partial charge in [-0.1, -0.05) is 37.3 Å². The lowest BCUT2D eigenvalue weighted by Gasteiger charge is -2.12. The molecule has 0 fully saturated rings. The fourth-order valence-corrected chi connectivity index (χ4v) is 3.12. The van der Waals surface area contributed by atoms with Crippen molar-refractivity contribution in [2.45, 2.75) is 18.2 Å². The normalized spacial score (nSPS) is 11.0. The van der Waals surface area contributed by atoms with Crippen molar-refractivity contribution < 1.29 is 13.2 Å². The average Bonchev–Trinajstić information content (AvgIpc) is 2.53. The fourth-order valence-electron chi connectivity index (χ4n) is 2.26. The molecule has 0 atom stereocenters. The van der Waals surface area contributed by atoms with Gasteiger partial charge in [0, 0.05) is 11.9 Å². The number of sulfone groups is 1. The maximum atomic E-state index is 12.1. The van der Waals surface area contributed by atoms with Crippen LogP contribution in [0.2, 0.25) is 0 Å². The summed E-state index contributed by atoms with van der Waals surface area (Å²) in [6.45, 7) is 2.01. The summed E-state index contributed by atoms with van der Waals surface area (Å²) < 4.78 is 23.5. The summed E-state index contributed by atoms with van der Waals surface area (Å²) in [6, 6.07) is 14.1. The summed E-state index contributed by atoms with van der Waals surface area (Å²) in [4.78, 5) is 12.3. The van der Waals surface area contributed by atoms with Gasteiger partial charge in [-0.05, 0) is 30.2 Å². The van der Waals surface area contributed by atoms with E-state index in [2.05, 4.69) is 10.6 Å². The molecule has 0 radical (unpaired) electrons. The molecular formula is C17H20N2O3S. The summed E-state index contributed by atoms with van der Waals surface area (Å²) in [5, 5.41) is 5.73. The molecule has 2 aromatic rings. The Balaban J connectivity index is 2.06. The molecule has 0 saturated carbocycles. The first kappa shape index (κ1) is 17.0. The van der Waals surface area contributed by atoms with E-state index >= 15 is 0 Å². The fraction of sp³-hybridized carbons (Fsp3) is 0.235. The minimum Gasteiger partial charge on any atom is -0.375 e. The third-order valence-corrected chi connectivity index (χ3v) is 4.55. The van der Waals surface area contributed by atoms with Crippen LogP contribution in [0.4, 0.5) is 11.4 Å². The Bertz CT molecular complexity index is 801. The first-order chi connectivity index (χ1) is 10.9. The van der Waals surface area contributed by atoms with Crippen LogP contribution >= 0.6 is 0 Å². The topological polar surface area (TPSA) is 75.3 Å². The SMILES string of the molecule is CCc1ccccc1NC(=O)CNc1ccccc1S(C)(=O)=O. The van der Waals surface area contributed by atoms with Crippen molar-refractivity contribution in [3.05, 3.63) is 54.1 Å². The van der Waals surface area contributed by atoms with Crippen LogP contribution in [0.5, 0.6) is 0 Å². The number of carbonyl (C=O) groups is 1. The van der Waals surface area contributed by atoms with Crippen molar-refractivity contribution in [3.8, 4) is 0 Å². The molecule has 0 aliphatic carbocycles. The van der Waals surface area contributed by atoms with Crippen LogP contribution < -0.4 is 10.6 Å². The van der Waals surface area contributed by atoms with E-state index in [1.165, 1.54) is 6.07 Å². The van der Waals surface area contributed by atoms with Crippen molar-refractivity contribution >= 4 is 27.1 Å². The molecule has 0 heterocycles. The van der Waals surface area contributed by atoms with Crippen LogP contribution in [0.3, 0.4) is 0 Å². The Kier molecular flexibility index (Phi) is 5.39. The monoisotopic (exact) mass is 332 g/mol. The number of aryl methyl sites for hydroxylation is 1. The number of carbonyl (C=O) groups excluding carboxylic acids is 1. The number of para-hydroxylation sites is 2. The van der Waals surface area contributed by atoms with Gasteiger partial charge in [0.05, 0.1) is 17.1 Å². The first-order valence-electron chi connectivity index (χ1n) is 7.32. The zero-order valence-electron chi connectivity index (χ0n) is 13.2. The van der Waals surface area contributed by atoms with Crippen LogP contribution in [0.1, 0.15) is 12.5 Å². The summed E-state index contributed by atoms with van der Waals surface area (Å²) in [5.74, 6) is -0.228. The van der Waals surface area contributed by atoms with Gasteiger partial charge in [0.25, 0.3) is 0 Å². The summed E-state index contributed by atoms with van der Waals surface area (Å²) in [5.41, 5.74) is 2.25. The molecule has 0 bridgehead atoms. The quantitative estimate of drug-likeness (QED) is 0.853. The lowest BCUT2D eigenvalue weighted by atomic mass is 10.1. The van der Waals surface area contributed by atoms with Crippen LogP contribution in [-0.4, -0.2) is 27.1 Å². The molecule has 23 heavy (non-hydrogen) atoms. The van der Waals surface area contributed by atoms with Crippen LogP contribution in [0.15, 0.2) is 53.4 Å². The van der Waals surface area contributed by atoms with E-state index in [0.29, 0.717) is 5.69 Å². The molecule has 122 valence electrons. The van der Waals surface area contributed by atoms with Gasteiger partial charge in [0.2, 0.25) is 5.91 Å². The van der Waals surface area contributed by atoms with Crippen molar-refractivity contribution in [1.29, 1.82) is 0 Å². The summed E-state index contributed by atoms with van der Waals surface area (Å²) in [6.07, 6.45) is 1.96. The Morgan fingerprint density at radius 2 is 1.61 bits per heavy atom. The van der Waals surface area contributed by atoms with Crippen molar-refractivity contribution in [3.63, 3.8) is 0 Å². The van der Waals surface area contributed by atoms with Crippen LogP contribution in [0.25, 0.3) is 0 Å². The van der Waals surface area contributed by atoms with Crippen LogP contribution in [-0.2, 0) is 21.1 Å². The predicted octanol–water partition coefficient (Wildman–Crippen LogP) is 2.70. The highest BCUT2D eigenvalue weighted by Crippen LogP contribution is 2.20. The third kappa shape index (κ3) is 4.56. The predicted molar refractivity (Wildman–Crippen MR) is 92.5 cm³/mol. The number of anilines is 2. The molecule has 5 nitrogen and oxygen atoms in total. The Morgan fingerprint density at radius 1 is 1.00 bits per heavy atom. The van der Waals surface area contributed by atoms with E-state index in [0.717, 1.165) is 23.9 Å². The molecule has 2 rings (SSSR count). The Labute approximate surface area is 136 Å². The summed E-state index contributed by atoms with van der Waals surface area (Å²) in [7, 11) is -3.35. The number of benzene rings is 2. The number of nitrogens with one attached hydrogen (secondary N) is 2. The van der Waals surface area contributed by atoms with E-state index in [1.807, 2.05) is 31.2 Å². The molecule has 0 aromatic heterocycles. The Morgan fingerprint density at radius 3 is 2.26 bits per heavy atom. The smallest absolute Gasteiger partial charge is 0.243 e. The van der Waals surface area contributed by atoms with E-state index < -0.39 is 9.84 Å². The van der Waals surface area contributed by atoms with E-state index in [1.54, 1.807) is 18.2 Å². The van der Waals surface area contributed by atoms with Gasteiger partial charge in [0.15, 0.2) is 9.84 Å². The highest BCUT2D eigenvalue weighted by atomic mass is 32.2. The summed E-state index contributed by atoms with van der Waals surface area (Å²) >= 11 is 0. The van der Waals surface area contributed by atoms with Gasteiger partial charge in [-0.3, -0.25) is 4.79 Å². The average molecular weight is 332 g/mol. The van der Waals surface area contributed by atoms with Gasteiger partial charge in [-0.15, -0.1) is 0 Å². The molecule has 2 N–H and O–H groups in total. The highest BCUT2D eigenvalue weighted by Gasteiger charge is 2.13. The van der Waals surface area contributed by atoms with Crippen molar-refractivity contribution in [1.82, 2.24) is 0 Å². The second-order valence-corrected chi connectivity index (χ2v) is 7.16. The first-order valence-corrected chi connectivity index (χ1v) is 9.21. The standard InChI is InChI=1S/C17H20N2O3S/c1-3-13-8-4-5-9-14(13)19-17(20)12-18-15-10-6-7-11-16(15)23(2,21)22/h4-11,18H,3,12H2,1-2H3,(H,19,20). The maximum absolute atomic E-state index is 12.1. The minimum absolute atomic E-state index is 0.00934. The zero-order valence-corrected chi connectivity index (χ0v) is 14.0. The molecule has 0 saturated heterocycles. The molecule has 6 heteroatoms. The van der Waals surface area contributed by atoms with Crippen LogP contribution in [0, 0.1) is 0 Å². The molecule has 0 spiro atoms. The number of amides is 1. The van der Waals surface area contributed by atoms with Gasteiger partial charge in [-0.25, -0.2) is 8.42 Å². The van der Waals surface area contributed by atoms with Gasteiger partial charge in [0.1, 0.15) is 0 Å². The molecule has 1 amide bonds. The lowest BCUT2D eigenvalue weighted by molar-refractivity contribution is -0.114. The van der Waals surface area contributed by atoms with E-state index in [-0.39, 0.29) is 17.3 Å². The van der Waals surface area contributed by atoms with Gasteiger partial charge in [-0.2, -0.15) is 0 Å². The molecule has 0 aliphatic rings. The second-order valence-electron chi connectivity index (χ2n) is 5.18. The Hall–Kier alpha value is -2.34. The van der Waals surface area contributed by atoms with E-state index in [4.69, 9.17) is 0 Å². The maximum Gasteiger partial charge on any atom is 0.243 e. The highest BCUT2D eigenvalue weighted by molar-refractivity contribution is 7.90. The van der Waals surface area contributed by atoms with Gasteiger partial charge < -0.3 is 10.6 Å². The molecular weight excluding hydrogens is 312 g/mol. The minimum atomic E-state index is -3.35. The third-order valence-electron chi connectivity index (χ3n) is 3.40. The molecule has 2 aromatic carbocycles. The lowest BCUT2D eigenvalue weighted by Crippen LogP contribution is -2.23. The van der Waals surface area contributed by atoms with Gasteiger partial charge >= 0.3 is 0 Å². The molecule has 0 aliphatic heterocycles. The molecule has 0 unspecified atom stereocenters. The van der Waals surface area contributed by atoms with Crippen molar-refractivity contribution in [2.75, 3.05) is 23.4 Å². The number of hydrogen-bond donors (Lipinski definition) is 2. The second kappa shape index (κ2) is 7.28. The van der Waals surface area contributed by atoms with E-state index in [9.17, 15) is 13.2 Å².